The molecule has 0 aliphatic rings. The molecule has 0 N–H and O–H groups in total. The monoisotopic (exact) mass is 362 g/mol. The molecule has 3 aromatic carbocycles. The minimum Gasteiger partial charge on any atom is -0.496 e. The van der Waals surface area contributed by atoms with E-state index in [0.29, 0.717) is 29.2 Å². The average Bonchev–Trinajstić information content (AvgIpc) is 3.07. The second kappa shape index (κ2) is 7.11. The van der Waals surface area contributed by atoms with E-state index < -0.39 is 0 Å². The Morgan fingerprint density at radius 3 is 2.33 bits per heavy atom. The maximum atomic E-state index is 14.5. The first-order valence-electron chi connectivity index (χ1n) is 8.63. The molecule has 0 amide bonds. The SMILES string of the molecule is COc1ccccc1Cn1c(-c2ccccc2F)nc2c(OC)cccc21. The summed E-state index contributed by atoms with van der Waals surface area (Å²) in [6, 6.07) is 20.2. The Labute approximate surface area is 156 Å². The number of imidazole rings is 1. The summed E-state index contributed by atoms with van der Waals surface area (Å²) in [5.41, 5.74) is 3.01. The fraction of sp³-hybridized carbons (Fsp3) is 0.136. The zero-order valence-electron chi connectivity index (χ0n) is 15.1. The van der Waals surface area contributed by atoms with Crippen molar-refractivity contribution in [1.82, 2.24) is 9.55 Å². The third kappa shape index (κ3) is 3.01. The van der Waals surface area contributed by atoms with Crippen molar-refractivity contribution in [3.63, 3.8) is 0 Å². The van der Waals surface area contributed by atoms with Gasteiger partial charge in [-0.3, -0.25) is 0 Å². The Hall–Kier alpha value is -3.34. The Bertz CT molecular complexity index is 1100. The number of benzene rings is 3. The Morgan fingerprint density at radius 2 is 1.56 bits per heavy atom. The van der Waals surface area contributed by atoms with E-state index in [4.69, 9.17) is 14.5 Å². The highest BCUT2D eigenvalue weighted by molar-refractivity contribution is 5.86. The number of methoxy groups -OCH3 is 2. The lowest BCUT2D eigenvalue weighted by molar-refractivity contribution is 0.408. The van der Waals surface area contributed by atoms with Crippen LogP contribution in [0.15, 0.2) is 66.7 Å². The molecule has 1 heterocycles. The number of hydrogen-bond donors (Lipinski definition) is 0. The van der Waals surface area contributed by atoms with E-state index in [1.54, 1.807) is 26.4 Å². The van der Waals surface area contributed by atoms with Crippen LogP contribution in [-0.2, 0) is 6.54 Å². The molecule has 27 heavy (non-hydrogen) atoms. The summed E-state index contributed by atoms with van der Waals surface area (Å²) in [6.07, 6.45) is 0. The van der Waals surface area contributed by atoms with Gasteiger partial charge in [-0.05, 0) is 30.3 Å². The third-order valence-corrected chi connectivity index (χ3v) is 4.60. The molecule has 0 saturated carbocycles. The summed E-state index contributed by atoms with van der Waals surface area (Å²) in [4.78, 5) is 4.72. The molecule has 136 valence electrons. The van der Waals surface area contributed by atoms with Crippen LogP contribution in [0.2, 0.25) is 0 Å². The highest BCUT2D eigenvalue weighted by Crippen LogP contribution is 2.33. The van der Waals surface area contributed by atoms with Crippen molar-refractivity contribution in [3.05, 3.63) is 78.1 Å². The molecular formula is C22H19FN2O2. The van der Waals surface area contributed by atoms with Gasteiger partial charge in [0.1, 0.15) is 28.7 Å². The Kier molecular flexibility index (Phi) is 4.50. The number of para-hydroxylation sites is 2. The number of rotatable bonds is 5. The van der Waals surface area contributed by atoms with Gasteiger partial charge in [0.2, 0.25) is 0 Å². The largest absolute Gasteiger partial charge is 0.496 e. The maximum Gasteiger partial charge on any atom is 0.146 e. The fourth-order valence-corrected chi connectivity index (χ4v) is 3.30. The third-order valence-electron chi connectivity index (χ3n) is 4.60. The van der Waals surface area contributed by atoms with Gasteiger partial charge < -0.3 is 14.0 Å². The van der Waals surface area contributed by atoms with Crippen molar-refractivity contribution in [2.45, 2.75) is 6.54 Å². The lowest BCUT2D eigenvalue weighted by atomic mass is 10.1. The van der Waals surface area contributed by atoms with E-state index in [-0.39, 0.29) is 5.82 Å². The average molecular weight is 362 g/mol. The smallest absolute Gasteiger partial charge is 0.146 e. The van der Waals surface area contributed by atoms with Gasteiger partial charge in [0.05, 0.1) is 31.8 Å². The standard InChI is InChI=1S/C22H19FN2O2/c1-26-19-12-6-3-8-15(19)14-25-18-11-7-13-20(27-2)21(18)24-22(25)16-9-4-5-10-17(16)23/h3-13H,14H2,1-2H3. The van der Waals surface area contributed by atoms with Crippen LogP contribution in [0.3, 0.4) is 0 Å². The summed E-state index contributed by atoms with van der Waals surface area (Å²) in [5, 5.41) is 0. The van der Waals surface area contributed by atoms with Gasteiger partial charge in [-0.25, -0.2) is 9.37 Å². The van der Waals surface area contributed by atoms with E-state index in [2.05, 4.69) is 0 Å². The van der Waals surface area contributed by atoms with Crippen molar-refractivity contribution in [2.75, 3.05) is 14.2 Å². The van der Waals surface area contributed by atoms with E-state index in [9.17, 15) is 4.39 Å². The minimum atomic E-state index is -0.312. The van der Waals surface area contributed by atoms with Crippen molar-refractivity contribution >= 4 is 11.0 Å². The molecule has 0 atom stereocenters. The highest BCUT2D eigenvalue weighted by Gasteiger charge is 2.19. The number of hydrogen-bond acceptors (Lipinski definition) is 3. The first-order chi connectivity index (χ1) is 13.2. The van der Waals surface area contributed by atoms with Gasteiger partial charge in [0, 0.05) is 5.56 Å². The van der Waals surface area contributed by atoms with Crippen molar-refractivity contribution in [2.24, 2.45) is 0 Å². The maximum absolute atomic E-state index is 14.5. The molecule has 0 unspecified atom stereocenters. The van der Waals surface area contributed by atoms with Crippen LogP contribution < -0.4 is 9.47 Å². The van der Waals surface area contributed by atoms with Gasteiger partial charge in [-0.1, -0.05) is 36.4 Å². The van der Waals surface area contributed by atoms with Crippen LogP contribution in [-0.4, -0.2) is 23.8 Å². The normalized spacial score (nSPS) is 10.9. The summed E-state index contributed by atoms with van der Waals surface area (Å²) in [6.45, 7) is 0.497. The van der Waals surface area contributed by atoms with E-state index in [1.165, 1.54) is 6.07 Å². The summed E-state index contributed by atoms with van der Waals surface area (Å²) >= 11 is 0. The molecule has 4 rings (SSSR count). The first kappa shape index (κ1) is 17.1. The van der Waals surface area contributed by atoms with Crippen LogP contribution in [0.25, 0.3) is 22.4 Å². The predicted octanol–water partition coefficient (Wildman–Crippen LogP) is 4.91. The zero-order chi connectivity index (χ0) is 18.8. The van der Waals surface area contributed by atoms with Crippen LogP contribution >= 0.6 is 0 Å². The molecule has 0 saturated heterocycles. The molecule has 0 spiro atoms. The molecule has 0 aliphatic heterocycles. The van der Waals surface area contributed by atoms with Crippen LogP contribution in [0.4, 0.5) is 4.39 Å². The molecule has 4 aromatic rings. The van der Waals surface area contributed by atoms with Crippen molar-refractivity contribution < 1.29 is 13.9 Å². The Morgan fingerprint density at radius 1 is 0.852 bits per heavy atom. The molecule has 0 fully saturated rings. The predicted molar refractivity (Wildman–Crippen MR) is 104 cm³/mol. The molecule has 4 nitrogen and oxygen atoms in total. The highest BCUT2D eigenvalue weighted by atomic mass is 19.1. The number of nitrogens with zero attached hydrogens (tertiary/aromatic N) is 2. The van der Waals surface area contributed by atoms with Crippen LogP contribution in [0.1, 0.15) is 5.56 Å². The summed E-state index contributed by atoms with van der Waals surface area (Å²) in [5.74, 6) is 1.68. The molecular weight excluding hydrogens is 343 g/mol. The van der Waals surface area contributed by atoms with Crippen LogP contribution in [0, 0.1) is 5.82 Å². The van der Waals surface area contributed by atoms with Gasteiger partial charge >= 0.3 is 0 Å². The molecule has 0 aliphatic carbocycles. The molecule has 5 heteroatoms. The van der Waals surface area contributed by atoms with Gasteiger partial charge in [0.15, 0.2) is 0 Å². The fourth-order valence-electron chi connectivity index (χ4n) is 3.30. The number of aromatic nitrogens is 2. The molecule has 0 radical (unpaired) electrons. The van der Waals surface area contributed by atoms with Crippen molar-refractivity contribution in [3.8, 4) is 22.9 Å². The minimum absolute atomic E-state index is 0.312. The van der Waals surface area contributed by atoms with Gasteiger partial charge in [-0.2, -0.15) is 0 Å². The van der Waals surface area contributed by atoms with Gasteiger partial charge in [0.25, 0.3) is 0 Å². The zero-order valence-corrected chi connectivity index (χ0v) is 15.1. The lowest BCUT2D eigenvalue weighted by Crippen LogP contribution is -2.04. The van der Waals surface area contributed by atoms with Crippen LogP contribution in [0.5, 0.6) is 11.5 Å². The molecule has 1 aromatic heterocycles. The number of fused-ring (bicyclic) bond motifs is 1. The van der Waals surface area contributed by atoms with Crippen molar-refractivity contribution in [1.29, 1.82) is 0 Å². The Balaban J connectivity index is 1.97. The number of ether oxygens (including phenoxy) is 2. The second-order valence-electron chi connectivity index (χ2n) is 6.14. The number of halogens is 1. The summed E-state index contributed by atoms with van der Waals surface area (Å²) < 4.78 is 27.5. The lowest BCUT2D eigenvalue weighted by Gasteiger charge is -2.13. The summed E-state index contributed by atoms with van der Waals surface area (Å²) in [7, 11) is 3.25. The topological polar surface area (TPSA) is 36.3 Å². The van der Waals surface area contributed by atoms with E-state index in [0.717, 1.165) is 16.8 Å². The quantitative estimate of drug-likeness (QED) is 0.506. The van der Waals surface area contributed by atoms with E-state index >= 15 is 0 Å². The second-order valence-corrected chi connectivity index (χ2v) is 6.14. The molecule has 0 bridgehead atoms. The van der Waals surface area contributed by atoms with Gasteiger partial charge in [-0.15, -0.1) is 0 Å². The first-order valence-corrected chi connectivity index (χ1v) is 8.63. The van der Waals surface area contributed by atoms with E-state index in [1.807, 2.05) is 53.1 Å².